The molecule has 132 valence electrons. The van der Waals surface area contributed by atoms with Gasteiger partial charge in [0, 0.05) is 28.7 Å². The molecule has 3 nitrogen and oxygen atoms in total. The van der Waals surface area contributed by atoms with E-state index in [2.05, 4.69) is 41.7 Å². The van der Waals surface area contributed by atoms with Crippen LogP contribution in [0.1, 0.15) is 49.7 Å². The maximum atomic E-state index is 13.1. The van der Waals surface area contributed by atoms with Crippen molar-refractivity contribution in [2.45, 2.75) is 39.2 Å². The topological polar surface area (TPSA) is 33.3 Å². The number of nitrogens with zero attached hydrogens (tertiary/aromatic N) is 2. The van der Waals surface area contributed by atoms with E-state index in [-0.39, 0.29) is 11.2 Å². The van der Waals surface area contributed by atoms with E-state index < -0.39 is 6.04 Å². The normalized spacial score (nSPS) is 13.6. The predicted octanol–water partition coefficient (Wildman–Crippen LogP) is 4.42. The second kappa shape index (κ2) is 8.19. The number of hydrogen-bond donors (Lipinski definition) is 0. The molecule has 0 N–H and O–H groups in total. The SMILES string of the molecule is CCN=C([S-])C(C(=O)c1ccc(Br)cc1)[n+]1ccc(C(C)(C)C)cc1. The average Bonchev–Trinajstić information content (AvgIpc) is 2.55. The van der Waals surface area contributed by atoms with Crippen LogP contribution < -0.4 is 4.57 Å². The molecule has 25 heavy (non-hydrogen) atoms. The Labute approximate surface area is 163 Å². The Bertz CT molecular complexity index is 762. The van der Waals surface area contributed by atoms with Gasteiger partial charge >= 0.3 is 0 Å². The van der Waals surface area contributed by atoms with Crippen molar-refractivity contribution in [3.8, 4) is 0 Å². The summed E-state index contributed by atoms with van der Waals surface area (Å²) < 4.78 is 2.78. The molecule has 0 radical (unpaired) electrons. The van der Waals surface area contributed by atoms with Gasteiger partial charge < -0.3 is 17.6 Å². The van der Waals surface area contributed by atoms with Gasteiger partial charge in [0.2, 0.25) is 11.8 Å². The Balaban J connectivity index is 2.44. The number of halogens is 1. The van der Waals surface area contributed by atoms with Crippen molar-refractivity contribution >= 4 is 39.4 Å². The molecule has 0 saturated carbocycles. The molecule has 1 atom stereocenters. The summed E-state index contributed by atoms with van der Waals surface area (Å²) >= 11 is 8.84. The molecule has 0 aliphatic rings. The Morgan fingerprint density at radius 3 is 2.20 bits per heavy atom. The molecule has 0 bridgehead atoms. The summed E-state index contributed by atoms with van der Waals surface area (Å²) in [5.74, 6) is -0.0526. The van der Waals surface area contributed by atoms with Crippen LogP contribution in [0.5, 0.6) is 0 Å². The summed E-state index contributed by atoms with van der Waals surface area (Å²) in [7, 11) is 0. The minimum Gasteiger partial charge on any atom is -0.758 e. The van der Waals surface area contributed by atoms with Gasteiger partial charge in [-0.05, 0) is 35.1 Å². The Morgan fingerprint density at radius 1 is 1.16 bits per heavy atom. The minimum atomic E-state index is -0.606. The fraction of sp³-hybridized carbons (Fsp3) is 0.350. The molecule has 2 rings (SSSR count). The van der Waals surface area contributed by atoms with E-state index in [0.717, 1.165) is 4.47 Å². The second-order valence-electron chi connectivity index (χ2n) is 6.87. The van der Waals surface area contributed by atoms with Gasteiger partial charge in [-0.25, -0.2) is 0 Å². The average molecular weight is 419 g/mol. The Morgan fingerprint density at radius 2 is 1.72 bits per heavy atom. The lowest BCUT2D eigenvalue weighted by Gasteiger charge is -2.21. The number of rotatable bonds is 5. The maximum Gasteiger partial charge on any atom is 0.237 e. The minimum absolute atomic E-state index is 0.0526. The van der Waals surface area contributed by atoms with E-state index >= 15 is 0 Å². The molecule has 0 spiro atoms. The van der Waals surface area contributed by atoms with Crippen LogP contribution in [0.3, 0.4) is 0 Å². The molecule has 0 aliphatic heterocycles. The zero-order valence-electron chi connectivity index (χ0n) is 15.0. The van der Waals surface area contributed by atoms with E-state index in [9.17, 15) is 4.79 Å². The van der Waals surface area contributed by atoms with Gasteiger partial charge in [0.05, 0.1) is 0 Å². The number of hydrogen-bond acceptors (Lipinski definition) is 3. The first-order chi connectivity index (χ1) is 11.7. The monoisotopic (exact) mass is 418 g/mol. The fourth-order valence-corrected chi connectivity index (χ4v) is 3.12. The van der Waals surface area contributed by atoms with Crippen LogP contribution >= 0.6 is 15.9 Å². The van der Waals surface area contributed by atoms with Crippen LogP contribution in [-0.4, -0.2) is 17.4 Å². The first kappa shape index (κ1) is 19.7. The first-order valence-electron chi connectivity index (χ1n) is 8.26. The highest BCUT2D eigenvalue weighted by Gasteiger charge is 2.28. The number of ketones is 1. The van der Waals surface area contributed by atoms with E-state index in [1.165, 1.54) is 5.56 Å². The summed E-state index contributed by atoms with van der Waals surface area (Å²) in [5.41, 5.74) is 1.88. The number of benzene rings is 1. The van der Waals surface area contributed by atoms with Crippen LogP contribution in [0.25, 0.3) is 0 Å². The molecule has 1 aromatic carbocycles. The predicted molar refractivity (Wildman–Crippen MR) is 108 cm³/mol. The summed E-state index contributed by atoms with van der Waals surface area (Å²) in [5, 5.41) is 0.406. The second-order valence-corrected chi connectivity index (χ2v) is 8.20. The molecule has 0 fully saturated rings. The molecule has 5 heteroatoms. The summed E-state index contributed by atoms with van der Waals surface area (Å²) in [6.45, 7) is 8.96. The molecular weight excluding hydrogens is 396 g/mol. The molecule has 2 aromatic rings. The third-order valence-electron chi connectivity index (χ3n) is 3.94. The van der Waals surface area contributed by atoms with Crippen LogP contribution in [0.15, 0.2) is 58.3 Å². The van der Waals surface area contributed by atoms with Gasteiger partial charge in [0.25, 0.3) is 0 Å². The van der Waals surface area contributed by atoms with E-state index in [1.54, 1.807) is 12.1 Å². The quantitative estimate of drug-likeness (QED) is 0.236. The van der Waals surface area contributed by atoms with Gasteiger partial charge in [-0.2, -0.15) is 4.57 Å². The van der Waals surface area contributed by atoms with Gasteiger partial charge in [0.15, 0.2) is 12.4 Å². The van der Waals surface area contributed by atoms with E-state index in [4.69, 9.17) is 12.6 Å². The highest BCUT2D eigenvalue weighted by atomic mass is 79.9. The fourth-order valence-electron chi connectivity index (χ4n) is 2.50. The molecule has 0 aliphatic carbocycles. The molecular formula is C20H23BrN2OS. The van der Waals surface area contributed by atoms with Crippen molar-refractivity contribution in [1.82, 2.24) is 0 Å². The smallest absolute Gasteiger partial charge is 0.237 e. The molecule has 1 unspecified atom stereocenters. The highest BCUT2D eigenvalue weighted by Crippen LogP contribution is 2.21. The molecule has 1 aromatic heterocycles. The van der Waals surface area contributed by atoms with Crippen molar-refractivity contribution < 1.29 is 9.36 Å². The van der Waals surface area contributed by atoms with Crippen LogP contribution in [-0.2, 0) is 18.0 Å². The first-order valence-corrected chi connectivity index (χ1v) is 9.46. The summed E-state index contributed by atoms with van der Waals surface area (Å²) in [6, 6.07) is 10.8. The van der Waals surface area contributed by atoms with Gasteiger partial charge in [0.1, 0.15) is 0 Å². The Kier molecular flexibility index (Phi) is 6.47. The third kappa shape index (κ3) is 4.95. The van der Waals surface area contributed by atoms with E-state index in [0.29, 0.717) is 17.2 Å². The lowest BCUT2D eigenvalue weighted by molar-refractivity contribution is -0.692. The van der Waals surface area contributed by atoms with Crippen molar-refractivity contribution in [3.05, 3.63) is 64.4 Å². The number of Topliss-reactive ketones (excluding diaryl/α,β-unsaturated/α-hetero) is 1. The largest absolute Gasteiger partial charge is 0.758 e. The molecule has 0 amide bonds. The van der Waals surface area contributed by atoms with Crippen molar-refractivity contribution in [2.75, 3.05) is 6.54 Å². The lowest BCUT2D eigenvalue weighted by atomic mass is 9.88. The van der Waals surface area contributed by atoms with Gasteiger partial charge in [-0.15, -0.1) is 0 Å². The summed E-state index contributed by atoms with van der Waals surface area (Å²) in [4.78, 5) is 17.4. The maximum absolute atomic E-state index is 13.1. The number of aromatic nitrogens is 1. The number of pyridine rings is 1. The zero-order valence-corrected chi connectivity index (χ0v) is 17.4. The zero-order chi connectivity index (χ0) is 18.6. The number of carbonyl (C=O) groups excluding carboxylic acids is 1. The van der Waals surface area contributed by atoms with Gasteiger partial charge in [-0.1, -0.05) is 48.8 Å². The number of carbonyl (C=O) groups is 1. The van der Waals surface area contributed by atoms with Crippen LogP contribution in [0.4, 0.5) is 0 Å². The van der Waals surface area contributed by atoms with Crippen molar-refractivity contribution in [2.24, 2.45) is 4.99 Å². The number of aliphatic imine (C=N–C) groups is 1. The standard InChI is InChI=1S/C20H23BrN2OS/c1-5-22-19(25)17(18(24)14-6-8-16(21)9-7-14)23-12-10-15(11-13-23)20(2,3)4/h6-13,17H,5H2,1-4H3. The van der Waals surface area contributed by atoms with Crippen molar-refractivity contribution in [1.29, 1.82) is 0 Å². The molecule has 0 saturated heterocycles. The van der Waals surface area contributed by atoms with E-state index in [1.807, 2.05) is 48.1 Å². The van der Waals surface area contributed by atoms with Crippen molar-refractivity contribution in [3.63, 3.8) is 0 Å². The molecule has 1 heterocycles. The van der Waals surface area contributed by atoms with Crippen LogP contribution in [0, 0.1) is 0 Å². The lowest BCUT2D eigenvalue weighted by Crippen LogP contribution is -2.48. The summed E-state index contributed by atoms with van der Waals surface area (Å²) in [6.07, 6.45) is 3.83. The van der Waals surface area contributed by atoms with Gasteiger partial charge in [-0.3, -0.25) is 4.79 Å². The van der Waals surface area contributed by atoms with Crippen LogP contribution in [0.2, 0.25) is 0 Å². The Hall–Kier alpha value is -1.59. The third-order valence-corrected chi connectivity index (χ3v) is 4.82. The highest BCUT2D eigenvalue weighted by molar-refractivity contribution is 9.10.